The van der Waals surface area contributed by atoms with Gasteiger partial charge in [-0.1, -0.05) is 31.0 Å². The fourth-order valence-electron chi connectivity index (χ4n) is 11.3. The van der Waals surface area contributed by atoms with Crippen molar-refractivity contribution in [1.29, 1.82) is 0 Å². The van der Waals surface area contributed by atoms with Gasteiger partial charge in [-0.2, -0.15) is 0 Å². The highest BCUT2D eigenvalue weighted by Gasteiger charge is 2.43. The third-order valence-electron chi connectivity index (χ3n) is 16.7. The number of nitrogens with one attached hydrogen (secondary N) is 4. The van der Waals surface area contributed by atoms with Gasteiger partial charge in [-0.05, 0) is 56.3 Å². The fraction of sp³-hybridized carbons (Fsp3) is 0.413. The van der Waals surface area contributed by atoms with E-state index in [2.05, 4.69) is 68.5 Å². The van der Waals surface area contributed by atoms with E-state index in [9.17, 15) is 19.5 Å². The molecule has 6 heterocycles. The second-order valence-corrected chi connectivity index (χ2v) is 23.0. The van der Waals surface area contributed by atoms with Crippen LogP contribution in [0.15, 0.2) is 120 Å². The van der Waals surface area contributed by atoms with E-state index >= 15 is 0 Å². The summed E-state index contributed by atoms with van der Waals surface area (Å²) in [6.07, 6.45) is 15.1. The molecule has 3 atom stereocenters. The molecule has 24 heteroatoms. The number of carbonyl (C=O) groups is 3. The largest absolute Gasteiger partial charge is 0.501 e. The maximum absolute atomic E-state index is 14.4. The number of terminal acetylenes is 1. The number of aliphatic hydroxyl groups excluding tert-OH is 1. The average molecular weight is 1230 g/mol. The molecule has 3 unspecified atom stereocenters. The van der Waals surface area contributed by atoms with E-state index in [1.807, 2.05) is 55.5 Å². The lowest BCUT2D eigenvalue weighted by atomic mass is 10.0. The van der Waals surface area contributed by atoms with Crippen LogP contribution in [0, 0.1) is 12.3 Å². The second-order valence-electron chi connectivity index (χ2n) is 22.1. The maximum atomic E-state index is 14.4. The van der Waals surface area contributed by atoms with Crippen molar-refractivity contribution in [3.8, 4) is 12.3 Å². The lowest BCUT2D eigenvalue weighted by Crippen LogP contribution is -2.58. The minimum absolute atomic E-state index is 0.166. The van der Waals surface area contributed by atoms with Crippen molar-refractivity contribution in [2.24, 2.45) is 0 Å². The number of aromatic nitrogens is 2. The maximum Gasteiger partial charge on any atom is 0.325 e. The number of pyridine rings is 2. The van der Waals surface area contributed by atoms with Crippen molar-refractivity contribution < 1.29 is 38.4 Å². The number of anilines is 9. The van der Waals surface area contributed by atoms with Gasteiger partial charge in [0.25, 0.3) is 0 Å². The highest BCUT2D eigenvalue weighted by molar-refractivity contribution is 6.33. The zero-order valence-corrected chi connectivity index (χ0v) is 52.3. The average Bonchev–Trinajstić information content (AvgIpc) is 1.26. The fourth-order valence-corrected chi connectivity index (χ4v) is 12.1. The first kappa shape index (κ1) is 63.3. The van der Waals surface area contributed by atoms with Crippen molar-refractivity contribution in [2.75, 3.05) is 157 Å². The Labute approximate surface area is 519 Å². The van der Waals surface area contributed by atoms with E-state index in [0.29, 0.717) is 89.2 Å². The Hall–Kier alpha value is -8.17. The summed E-state index contributed by atoms with van der Waals surface area (Å²) in [6.45, 7) is 17.6. The number of carbonyl (C=O) groups excluding carboxylic acids is 3. The van der Waals surface area contributed by atoms with E-state index < -0.39 is 17.6 Å². The third-order valence-corrected chi connectivity index (χ3v) is 17.5. The smallest absolute Gasteiger partial charge is 0.325 e. The number of likely N-dealkylation sites (N-methyl/N-ethyl adjacent to an activating group) is 2. The van der Waals surface area contributed by atoms with Crippen molar-refractivity contribution in [3.05, 3.63) is 131 Å². The van der Waals surface area contributed by atoms with Crippen molar-refractivity contribution in [1.82, 2.24) is 34.1 Å². The first-order chi connectivity index (χ1) is 41.9. The molecule has 0 spiro atoms. The number of urea groups is 2. The number of alkyl halides is 1. The second kappa shape index (κ2) is 28.1. The number of hydrogen-bond acceptors (Lipinski definition) is 16. The van der Waals surface area contributed by atoms with Crippen LogP contribution >= 0.6 is 23.2 Å². The molecule has 462 valence electrons. The summed E-state index contributed by atoms with van der Waals surface area (Å²) in [5.41, 5.74) is 7.49. The number of piperazine rings is 2. The molecule has 87 heavy (non-hydrogen) atoms. The minimum Gasteiger partial charge on any atom is -0.501 e. The van der Waals surface area contributed by atoms with Crippen LogP contribution in [0.3, 0.4) is 0 Å². The number of methoxy groups -OCH3 is 3. The predicted octanol–water partition coefficient (Wildman–Crippen LogP) is 8.75. The van der Waals surface area contributed by atoms with Crippen LogP contribution < -0.4 is 40.4 Å². The van der Waals surface area contributed by atoms with Crippen LogP contribution in [0.4, 0.5) is 66.7 Å². The van der Waals surface area contributed by atoms with Gasteiger partial charge in [-0.15, -0.1) is 18.0 Å². The van der Waals surface area contributed by atoms with Gasteiger partial charge in [0, 0.05) is 132 Å². The van der Waals surface area contributed by atoms with Crippen molar-refractivity contribution >= 4 is 98.3 Å². The Balaban J connectivity index is 0.799. The molecule has 5 N–H and O–H groups in total. The molecule has 2 saturated heterocycles. The molecular formula is C63H79Cl2N14O8+. The van der Waals surface area contributed by atoms with Crippen molar-refractivity contribution in [3.63, 3.8) is 0 Å². The highest BCUT2D eigenvalue weighted by atomic mass is 35.5. The molecule has 0 radical (unpaired) electrons. The van der Waals surface area contributed by atoms with Crippen molar-refractivity contribution in [2.45, 2.75) is 51.0 Å². The van der Waals surface area contributed by atoms with Gasteiger partial charge in [0.1, 0.15) is 40.0 Å². The number of quaternary nitrogens is 1. The Bertz CT molecular complexity index is 3390. The third kappa shape index (κ3) is 14.5. The number of nitrogens with zero attached hydrogens (tertiary/aromatic N) is 10. The number of amides is 5. The van der Waals surface area contributed by atoms with Gasteiger partial charge in [0.15, 0.2) is 6.23 Å². The Morgan fingerprint density at radius 1 is 0.885 bits per heavy atom. The Morgan fingerprint density at radius 2 is 1.54 bits per heavy atom. The van der Waals surface area contributed by atoms with Crippen LogP contribution in [0.25, 0.3) is 0 Å². The number of hydrogen-bond donors (Lipinski definition) is 5. The van der Waals surface area contributed by atoms with E-state index in [4.69, 9.17) is 58.5 Å². The lowest BCUT2D eigenvalue weighted by Gasteiger charge is -2.42. The van der Waals surface area contributed by atoms with Gasteiger partial charge < -0.3 is 60.0 Å². The first-order valence-corrected chi connectivity index (χ1v) is 29.8. The molecule has 5 amide bonds. The molecular weight excluding hydrogens is 1150 g/mol. The van der Waals surface area contributed by atoms with E-state index in [-0.39, 0.29) is 29.5 Å². The zero-order chi connectivity index (χ0) is 62.1. The first-order valence-electron chi connectivity index (χ1n) is 29.0. The standard InChI is InChI=1S/C63H78Cl2N14O8/c1-11-57(80)70-49-32-44(15-17-47(49)68-55-34-51-42(37-66-55)39-77(62(82)72(51)5)21-19-46(85-9)31-41(4)84-8)76-24-22-75(23-25-76)20-14-30-87-54-36-53(86-10)59(64)61(60(54)65)78-40-43-38-67-56(35-52(43)73(6)63(78)83)69-48-18-16-45(33-50(48)71-58(81)12-2)79(7)28-26-74(13-3)27-29-79/h2,11,15-19,31-38,58-59,61,71,81H,1,13-14,20-30,39-40H2,3-10H3,(H2-,66,67,68,69,70,80)/p+1/b41-31+,46-19+. The number of aliphatic hydroxyl groups is 1. The molecule has 2 aromatic heterocycles. The molecule has 22 nitrogen and oxygen atoms in total. The summed E-state index contributed by atoms with van der Waals surface area (Å²) in [5.74, 6) is 5.03. The van der Waals surface area contributed by atoms with Crippen LogP contribution in [-0.4, -0.2) is 191 Å². The monoisotopic (exact) mass is 1230 g/mol. The molecule has 9 rings (SSSR count). The summed E-state index contributed by atoms with van der Waals surface area (Å²) in [6, 6.07) is 14.3. The molecule has 0 bridgehead atoms. The lowest BCUT2D eigenvalue weighted by molar-refractivity contribution is -0.111. The minimum atomic E-state index is -1.21. The number of halogens is 2. The van der Waals surface area contributed by atoms with E-state index in [0.717, 1.165) is 98.1 Å². The molecule has 1 aliphatic carbocycles. The Morgan fingerprint density at radius 3 is 2.17 bits per heavy atom. The van der Waals surface area contributed by atoms with Gasteiger partial charge in [0.2, 0.25) is 5.91 Å². The number of ether oxygens (including phenoxy) is 4. The highest BCUT2D eigenvalue weighted by Crippen LogP contribution is 2.41. The predicted molar refractivity (Wildman–Crippen MR) is 345 cm³/mol. The van der Waals surface area contributed by atoms with Crippen LogP contribution in [0.1, 0.15) is 31.4 Å². The van der Waals surface area contributed by atoms with Crippen LogP contribution in [0.5, 0.6) is 0 Å². The summed E-state index contributed by atoms with van der Waals surface area (Å²) < 4.78 is 23.6. The van der Waals surface area contributed by atoms with E-state index in [1.54, 1.807) is 72.5 Å². The number of rotatable bonds is 23. The van der Waals surface area contributed by atoms with Crippen LogP contribution in [-0.2, 0) is 36.8 Å². The van der Waals surface area contributed by atoms with Gasteiger partial charge in [0.05, 0.1) is 112 Å². The molecule has 5 aliphatic rings. The SMILES string of the molecule is C#CC(O)Nc1cc([N+]2(C)CCN(CC)CC2)ccc1Nc1cc2c(cn1)CN(C1C(Cl)=C(OCCCN3CCN(c4ccc(Nc5cc6c(cn5)CN(C/C=C(\C=C(/C)OC)OC)C(=O)N6C)c(NC(=O)C=C)c4)CC3)C=C(OC)C1Cl)C(=O)N2C. The summed E-state index contributed by atoms with van der Waals surface area (Å²) in [7, 11) is 10.3. The molecule has 2 aromatic carbocycles. The quantitative estimate of drug-likeness (QED) is 0.00688. The van der Waals surface area contributed by atoms with E-state index in [1.165, 1.54) is 13.2 Å². The summed E-state index contributed by atoms with van der Waals surface area (Å²) in [5, 5.41) is 22.8. The molecule has 0 saturated carbocycles. The molecule has 2 fully saturated rings. The number of allylic oxidation sites excluding steroid dienone is 3. The number of benzene rings is 2. The summed E-state index contributed by atoms with van der Waals surface area (Å²) in [4.78, 5) is 63.7. The molecule has 4 aliphatic heterocycles. The summed E-state index contributed by atoms with van der Waals surface area (Å²) >= 11 is 14.3. The topological polar surface area (TPSA) is 205 Å². The van der Waals surface area contributed by atoms with Gasteiger partial charge >= 0.3 is 12.1 Å². The normalized spacial score (nSPS) is 19.6. The number of fused-ring (bicyclic) bond motifs is 2. The zero-order valence-electron chi connectivity index (χ0n) is 50.7. The van der Waals surface area contributed by atoms with Crippen LogP contribution in [0.2, 0.25) is 0 Å². The van der Waals surface area contributed by atoms with Gasteiger partial charge in [-0.3, -0.25) is 28.9 Å². The van der Waals surface area contributed by atoms with Gasteiger partial charge in [-0.25, -0.2) is 19.6 Å². The molecule has 4 aromatic rings. The Kier molecular flexibility index (Phi) is 20.5.